The highest BCUT2D eigenvalue weighted by atomic mass is 16.2. The average Bonchev–Trinajstić information content (AvgIpc) is 3.14. The van der Waals surface area contributed by atoms with Crippen molar-refractivity contribution in [2.75, 3.05) is 0 Å². The summed E-state index contributed by atoms with van der Waals surface area (Å²) in [6.45, 7) is 6.34. The minimum absolute atomic E-state index is 0.333. The summed E-state index contributed by atoms with van der Waals surface area (Å²) < 4.78 is 4.89. The second-order valence-electron chi connectivity index (χ2n) is 6.68. The Morgan fingerprint density at radius 2 is 1.78 bits per heavy atom. The molecular formula is C19H20N6O2. The molecule has 27 heavy (non-hydrogen) atoms. The van der Waals surface area contributed by atoms with Crippen LogP contribution in [0.1, 0.15) is 22.5 Å². The van der Waals surface area contributed by atoms with Crippen molar-refractivity contribution in [3.63, 3.8) is 0 Å². The Morgan fingerprint density at radius 3 is 2.41 bits per heavy atom. The van der Waals surface area contributed by atoms with Gasteiger partial charge in [0, 0.05) is 12.7 Å². The second-order valence-corrected chi connectivity index (χ2v) is 6.68. The maximum atomic E-state index is 12.6. The number of benzene rings is 1. The molecule has 4 aromatic rings. The summed E-state index contributed by atoms with van der Waals surface area (Å²) in [5.41, 5.74) is 3.66. The fourth-order valence-electron chi connectivity index (χ4n) is 3.22. The molecule has 8 nitrogen and oxygen atoms in total. The van der Waals surface area contributed by atoms with E-state index in [9.17, 15) is 9.59 Å². The lowest BCUT2D eigenvalue weighted by atomic mass is 10.2. The predicted octanol–water partition coefficient (Wildman–Crippen LogP) is 1.58. The SMILES string of the molecule is Cc1nn(-c2nc3c(c(=O)[nH]c(=O)n3C)n2Cc2ccccc2)c(C)c1C. The van der Waals surface area contributed by atoms with Crippen molar-refractivity contribution in [2.24, 2.45) is 7.05 Å². The maximum absolute atomic E-state index is 12.6. The first-order chi connectivity index (χ1) is 12.9. The van der Waals surface area contributed by atoms with Crippen LogP contribution in [0.3, 0.4) is 0 Å². The van der Waals surface area contributed by atoms with Crippen LogP contribution in [-0.4, -0.2) is 28.9 Å². The van der Waals surface area contributed by atoms with Crippen LogP contribution in [-0.2, 0) is 13.6 Å². The highest BCUT2D eigenvalue weighted by molar-refractivity contribution is 5.72. The molecule has 0 radical (unpaired) electrons. The summed E-state index contributed by atoms with van der Waals surface area (Å²) in [7, 11) is 1.59. The summed E-state index contributed by atoms with van der Waals surface area (Å²) in [4.78, 5) is 31.6. The van der Waals surface area contributed by atoms with Crippen molar-refractivity contribution >= 4 is 11.2 Å². The van der Waals surface area contributed by atoms with Crippen LogP contribution >= 0.6 is 0 Å². The Balaban J connectivity index is 2.08. The zero-order valence-corrected chi connectivity index (χ0v) is 15.6. The van der Waals surface area contributed by atoms with E-state index in [1.54, 1.807) is 11.7 Å². The maximum Gasteiger partial charge on any atom is 0.329 e. The Morgan fingerprint density at radius 1 is 1.07 bits per heavy atom. The Labute approximate surface area is 154 Å². The molecule has 0 fully saturated rings. The van der Waals surface area contributed by atoms with Gasteiger partial charge < -0.3 is 0 Å². The highest BCUT2D eigenvalue weighted by Crippen LogP contribution is 2.21. The fourth-order valence-corrected chi connectivity index (χ4v) is 3.22. The van der Waals surface area contributed by atoms with Crippen molar-refractivity contribution < 1.29 is 0 Å². The number of rotatable bonds is 3. The van der Waals surface area contributed by atoms with Gasteiger partial charge in [0.15, 0.2) is 11.2 Å². The molecule has 3 heterocycles. The van der Waals surface area contributed by atoms with Gasteiger partial charge >= 0.3 is 5.69 Å². The lowest BCUT2D eigenvalue weighted by Gasteiger charge is -2.10. The first kappa shape index (κ1) is 17.0. The predicted molar refractivity (Wildman–Crippen MR) is 102 cm³/mol. The number of aryl methyl sites for hydroxylation is 2. The molecule has 0 saturated carbocycles. The summed E-state index contributed by atoms with van der Waals surface area (Å²) in [6.07, 6.45) is 0. The number of H-pyrrole nitrogens is 1. The molecular weight excluding hydrogens is 344 g/mol. The van der Waals surface area contributed by atoms with E-state index in [1.165, 1.54) is 4.57 Å². The smallest absolute Gasteiger partial charge is 0.298 e. The Hall–Kier alpha value is -3.42. The summed E-state index contributed by atoms with van der Waals surface area (Å²) in [6, 6.07) is 9.80. The van der Waals surface area contributed by atoms with Crippen molar-refractivity contribution in [3.05, 3.63) is 73.7 Å². The van der Waals surface area contributed by atoms with Crippen molar-refractivity contribution in [2.45, 2.75) is 27.3 Å². The topological polar surface area (TPSA) is 90.5 Å². The van der Waals surface area contributed by atoms with Crippen LogP contribution in [0.5, 0.6) is 0 Å². The van der Waals surface area contributed by atoms with Crippen LogP contribution < -0.4 is 11.2 Å². The van der Waals surface area contributed by atoms with Crippen molar-refractivity contribution in [3.8, 4) is 5.95 Å². The molecule has 4 rings (SSSR count). The molecule has 0 atom stereocenters. The van der Waals surface area contributed by atoms with Crippen LogP contribution in [0.2, 0.25) is 0 Å². The standard InChI is InChI=1S/C19H20N6O2/c1-11-12(2)22-25(13(11)3)18-20-16-15(17(26)21-19(27)23(16)4)24(18)10-14-8-6-5-7-9-14/h5-9H,10H2,1-4H3,(H,21,26,27). The monoisotopic (exact) mass is 364 g/mol. The number of aromatic nitrogens is 6. The molecule has 0 spiro atoms. The fraction of sp³-hybridized carbons (Fsp3) is 0.263. The summed E-state index contributed by atoms with van der Waals surface area (Å²) >= 11 is 0. The van der Waals surface area contributed by atoms with Gasteiger partial charge in [-0.15, -0.1) is 0 Å². The zero-order valence-electron chi connectivity index (χ0n) is 15.6. The van der Waals surface area contributed by atoms with Crippen molar-refractivity contribution in [1.82, 2.24) is 28.9 Å². The largest absolute Gasteiger partial charge is 0.329 e. The third kappa shape index (κ3) is 2.61. The average molecular weight is 364 g/mol. The lowest BCUT2D eigenvalue weighted by Crippen LogP contribution is -2.29. The third-order valence-corrected chi connectivity index (χ3v) is 5.01. The van der Waals surface area contributed by atoms with E-state index in [4.69, 9.17) is 0 Å². The van der Waals surface area contributed by atoms with Crippen LogP contribution in [0, 0.1) is 20.8 Å². The zero-order chi connectivity index (χ0) is 19.3. The van der Waals surface area contributed by atoms with E-state index in [1.807, 2.05) is 55.7 Å². The number of nitrogens with zero attached hydrogens (tertiary/aromatic N) is 5. The van der Waals surface area contributed by atoms with E-state index in [-0.39, 0.29) is 0 Å². The second kappa shape index (κ2) is 6.08. The number of imidazole rings is 1. The molecule has 3 aromatic heterocycles. The van der Waals surface area contributed by atoms with Gasteiger partial charge in [0.2, 0.25) is 5.95 Å². The molecule has 0 aliphatic carbocycles. The molecule has 0 aliphatic rings. The minimum Gasteiger partial charge on any atom is -0.298 e. The molecule has 0 bridgehead atoms. The van der Waals surface area contributed by atoms with Crippen molar-refractivity contribution in [1.29, 1.82) is 0 Å². The number of nitrogens with one attached hydrogen (secondary N) is 1. The van der Waals surface area contributed by atoms with E-state index >= 15 is 0 Å². The molecule has 138 valence electrons. The summed E-state index contributed by atoms with van der Waals surface area (Å²) in [5.74, 6) is 0.509. The number of hydrogen-bond donors (Lipinski definition) is 1. The molecule has 0 amide bonds. The van der Waals surface area contributed by atoms with Gasteiger partial charge in [-0.25, -0.2) is 9.48 Å². The van der Waals surface area contributed by atoms with Crippen LogP contribution in [0.15, 0.2) is 39.9 Å². The third-order valence-electron chi connectivity index (χ3n) is 5.01. The molecule has 0 aliphatic heterocycles. The van der Waals surface area contributed by atoms with E-state index in [0.29, 0.717) is 23.7 Å². The van der Waals surface area contributed by atoms with Crippen LogP contribution in [0.4, 0.5) is 0 Å². The first-order valence-corrected chi connectivity index (χ1v) is 8.65. The minimum atomic E-state index is -0.493. The quantitative estimate of drug-likeness (QED) is 0.598. The van der Waals surface area contributed by atoms with Gasteiger partial charge in [0.05, 0.1) is 12.2 Å². The summed E-state index contributed by atoms with van der Waals surface area (Å²) in [5, 5.41) is 4.59. The van der Waals surface area contributed by atoms with Gasteiger partial charge in [0.25, 0.3) is 5.56 Å². The Kier molecular flexibility index (Phi) is 3.83. The van der Waals surface area contributed by atoms with E-state index < -0.39 is 11.2 Å². The number of fused-ring (bicyclic) bond motifs is 1. The number of aromatic amines is 1. The van der Waals surface area contributed by atoms with E-state index in [0.717, 1.165) is 22.5 Å². The highest BCUT2D eigenvalue weighted by Gasteiger charge is 2.21. The molecule has 8 heteroatoms. The normalized spacial score (nSPS) is 11.4. The molecule has 0 unspecified atom stereocenters. The van der Waals surface area contributed by atoms with Crippen LogP contribution in [0.25, 0.3) is 17.1 Å². The van der Waals surface area contributed by atoms with Gasteiger partial charge in [-0.3, -0.25) is 18.9 Å². The van der Waals surface area contributed by atoms with Gasteiger partial charge in [-0.2, -0.15) is 10.1 Å². The van der Waals surface area contributed by atoms with Gasteiger partial charge in [0.1, 0.15) is 0 Å². The first-order valence-electron chi connectivity index (χ1n) is 8.65. The van der Waals surface area contributed by atoms with Gasteiger partial charge in [-0.05, 0) is 31.9 Å². The molecule has 1 N–H and O–H groups in total. The molecule has 1 aromatic carbocycles. The molecule has 0 saturated heterocycles. The Bertz CT molecular complexity index is 1270. The van der Waals surface area contributed by atoms with E-state index in [2.05, 4.69) is 15.1 Å². The lowest BCUT2D eigenvalue weighted by molar-refractivity contribution is 0.701. The number of hydrogen-bond acceptors (Lipinski definition) is 4. The van der Waals surface area contributed by atoms with Gasteiger partial charge in [-0.1, -0.05) is 30.3 Å².